The summed E-state index contributed by atoms with van der Waals surface area (Å²) in [5.41, 5.74) is 3.54. The third-order valence-corrected chi connectivity index (χ3v) is 7.42. The molecule has 0 unspecified atom stereocenters. The molecule has 2 atom stereocenters. The molecule has 1 amide bonds. The van der Waals surface area contributed by atoms with E-state index >= 15 is 0 Å². The van der Waals surface area contributed by atoms with Crippen LogP contribution < -0.4 is 5.56 Å². The number of carbonyl (C=O) groups is 1. The topological polar surface area (TPSA) is 55.2 Å². The summed E-state index contributed by atoms with van der Waals surface area (Å²) in [4.78, 5) is 33.0. The zero-order chi connectivity index (χ0) is 21.4. The number of hydrogen-bond acceptors (Lipinski definition) is 5. The van der Waals surface area contributed by atoms with Crippen molar-refractivity contribution in [2.24, 2.45) is 11.8 Å². The molecule has 0 aliphatic carbocycles. The van der Waals surface area contributed by atoms with Crippen molar-refractivity contribution in [3.8, 4) is 5.69 Å². The zero-order valence-electron chi connectivity index (χ0n) is 17.8. The van der Waals surface area contributed by atoms with Crippen molar-refractivity contribution < 1.29 is 4.79 Å². The molecule has 7 heteroatoms. The first-order valence-electron chi connectivity index (χ1n) is 10.3. The Morgan fingerprint density at radius 1 is 1.20 bits per heavy atom. The first-order chi connectivity index (χ1) is 14.3. The van der Waals surface area contributed by atoms with E-state index in [4.69, 9.17) is 4.98 Å². The van der Waals surface area contributed by atoms with Crippen molar-refractivity contribution in [2.75, 3.05) is 18.8 Å². The van der Waals surface area contributed by atoms with Crippen molar-refractivity contribution in [1.82, 2.24) is 14.5 Å². The van der Waals surface area contributed by atoms with Crippen LogP contribution in [0.4, 0.5) is 0 Å². The van der Waals surface area contributed by atoms with E-state index in [0.717, 1.165) is 29.9 Å². The lowest BCUT2D eigenvalue weighted by Gasteiger charge is -2.35. The number of hydrogen-bond donors (Lipinski definition) is 0. The number of fused-ring (bicyclic) bond motifs is 1. The minimum Gasteiger partial charge on any atom is -0.341 e. The second-order valence-corrected chi connectivity index (χ2v) is 10.4. The molecule has 1 aliphatic rings. The van der Waals surface area contributed by atoms with Gasteiger partial charge in [-0.15, -0.1) is 11.3 Å². The highest BCUT2D eigenvalue weighted by molar-refractivity contribution is 7.99. The molecule has 1 aromatic carbocycles. The first-order valence-corrected chi connectivity index (χ1v) is 12.2. The highest BCUT2D eigenvalue weighted by Crippen LogP contribution is 2.27. The van der Waals surface area contributed by atoms with E-state index in [-0.39, 0.29) is 17.2 Å². The van der Waals surface area contributed by atoms with Crippen molar-refractivity contribution >= 4 is 39.2 Å². The molecular formula is C23H27N3O2S2. The second-order valence-electron chi connectivity index (χ2n) is 8.49. The van der Waals surface area contributed by atoms with Crippen LogP contribution in [0.1, 0.15) is 31.4 Å². The maximum atomic E-state index is 13.3. The van der Waals surface area contributed by atoms with Gasteiger partial charge in [0, 0.05) is 13.1 Å². The first kappa shape index (κ1) is 21.1. The number of rotatable bonds is 4. The summed E-state index contributed by atoms with van der Waals surface area (Å²) in [6.45, 7) is 10.0. The van der Waals surface area contributed by atoms with E-state index in [9.17, 15) is 9.59 Å². The standard InChI is InChI=1S/C23H27N3O2S2/c1-14-5-6-17(4)19(10-14)26-22(28)21-18(7-8-29-21)24-23(26)30-13-20(27)25-11-15(2)9-16(3)12-25/h5-8,10,15-16H,9,11-13H2,1-4H3/t15-,16-/m0/s1. The third-order valence-electron chi connectivity index (χ3n) is 5.60. The number of nitrogens with zero attached hydrogens (tertiary/aromatic N) is 3. The van der Waals surface area contributed by atoms with Crippen LogP contribution in [0.2, 0.25) is 0 Å². The fourth-order valence-electron chi connectivity index (χ4n) is 4.25. The Kier molecular flexibility index (Phi) is 6.02. The van der Waals surface area contributed by atoms with E-state index in [1.54, 1.807) is 4.57 Å². The minimum atomic E-state index is -0.0705. The van der Waals surface area contributed by atoms with Crippen LogP contribution in [0.15, 0.2) is 39.6 Å². The number of aromatic nitrogens is 2. The van der Waals surface area contributed by atoms with Crippen molar-refractivity contribution in [3.63, 3.8) is 0 Å². The highest BCUT2D eigenvalue weighted by Gasteiger charge is 2.26. The fourth-order valence-corrected chi connectivity index (χ4v) is 5.91. The fraction of sp³-hybridized carbons (Fsp3) is 0.435. The molecule has 1 fully saturated rings. The molecule has 0 spiro atoms. The Hall–Kier alpha value is -2.12. The third kappa shape index (κ3) is 4.18. The second kappa shape index (κ2) is 8.55. The van der Waals surface area contributed by atoms with Crippen LogP contribution in [-0.4, -0.2) is 39.2 Å². The van der Waals surface area contributed by atoms with E-state index in [1.807, 2.05) is 48.4 Å². The Balaban J connectivity index is 1.69. The molecule has 3 aromatic rings. The van der Waals surface area contributed by atoms with Crippen LogP contribution >= 0.6 is 23.1 Å². The van der Waals surface area contributed by atoms with E-state index in [2.05, 4.69) is 13.8 Å². The Bertz CT molecular complexity index is 1140. The van der Waals surface area contributed by atoms with Gasteiger partial charge in [-0.3, -0.25) is 14.2 Å². The van der Waals surface area contributed by atoms with Crippen LogP contribution in [0.5, 0.6) is 0 Å². The number of thioether (sulfide) groups is 1. The van der Waals surface area contributed by atoms with E-state index in [1.165, 1.54) is 29.5 Å². The summed E-state index contributed by atoms with van der Waals surface area (Å²) < 4.78 is 2.32. The SMILES string of the molecule is Cc1ccc(C)c(-n2c(SCC(=O)N3C[C@@H](C)C[C@H](C)C3)nc3ccsc3c2=O)c1. The van der Waals surface area contributed by atoms with Gasteiger partial charge in [0.15, 0.2) is 5.16 Å². The lowest BCUT2D eigenvalue weighted by atomic mass is 9.92. The number of carbonyl (C=O) groups excluding carboxylic acids is 1. The van der Waals surface area contributed by atoms with Crippen molar-refractivity contribution in [3.05, 3.63) is 51.1 Å². The number of piperidine rings is 1. The van der Waals surface area contributed by atoms with Crippen LogP contribution in [0.25, 0.3) is 15.9 Å². The van der Waals surface area contributed by atoms with Crippen LogP contribution in [0, 0.1) is 25.7 Å². The summed E-state index contributed by atoms with van der Waals surface area (Å²) in [6.07, 6.45) is 1.17. The average Bonchev–Trinajstić information content (AvgIpc) is 3.16. The molecule has 2 aromatic heterocycles. The van der Waals surface area contributed by atoms with Crippen LogP contribution in [-0.2, 0) is 4.79 Å². The number of benzene rings is 1. The summed E-state index contributed by atoms with van der Waals surface area (Å²) >= 11 is 2.77. The van der Waals surface area contributed by atoms with Gasteiger partial charge in [-0.05, 0) is 60.7 Å². The van der Waals surface area contributed by atoms with Gasteiger partial charge in [0.1, 0.15) is 4.70 Å². The molecule has 0 saturated carbocycles. The van der Waals surface area contributed by atoms with Gasteiger partial charge in [0.25, 0.3) is 5.56 Å². The van der Waals surface area contributed by atoms with Gasteiger partial charge in [-0.1, -0.05) is 37.7 Å². The van der Waals surface area contributed by atoms with E-state index < -0.39 is 0 Å². The summed E-state index contributed by atoms with van der Waals surface area (Å²) in [5, 5.41) is 2.47. The van der Waals surface area contributed by atoms with Gasteiger partial charge in [-0.2, -0.15) is 0 Å². The quantitative estimate of drug-likeness (QED) is 0.436. The lowest BCUT2D eigenvalue weighted by Crippen LogP contribution is -2.43. The van der Waals surface area contributed by atoms with Crippen LogP contribution in [0.3, 0.4) is 0 Å². The predicted octanol–water partition coefficient (Wildman–Crippen LogP) is 4.66. The Morgan fingerprint density at radius 2 is 1.93 bits per heavy atom. The van der Waals surface area contributed by atoms with E-state index in [0.29, 0.717) is 27.2 Å². The smallest absolute Gasteiger partial charge is 0.276 e. The Morgan fingerprint density at radius 3 is 2.67 bits per heavy atom. The largest absolute Gasteiger partial charge is 0.341 e. The average molecular weight is 442 g/mol. The van der Waals surface area contributed by atoms with Gasteiger partial charge in [-0.25, -0.2) is 4.98 Å². The zero-order valence-corrected chi connectivity index (χ0v) is 19.5. The van der Waals surface area contributed by atoms with Gasteiger partial charge < -0.3 is 4.90 Å². The molecule has 0 N–H and O–H groups in total. The lowest BCUT2D eigenvalue weighted by molar-refractivity contribution is -0.130. The molecule has 1 aliphatic heterocycles. The molecule has 158 valence electrons. The number of likely N-dealkylation sites (tertiary alicyclic amines) is 1. The molecule has 0 radical (unpaired) electrons. The number of amides is 1. The number of aryl methyl sites for hydroxylation is 2. The van der Waals surface area contributed by atoms with Crippen molar-refractivity contribution in [2.45, 2.75) is 39.3 Å². The molecule has 1 saturated heterocycles. The summed E-state index contributed by atoms with van der Waals surface area (Å²) in [7, 11) is 0. The summed E-state index contributed by atoms with van der Waals surface area (Å²) in [6, 6.07) is 7.94. The highest BCUT2D eigenvalue weighted by atomic mass is 32.2. The van der Waals surface area contributed by atoms with Crippen molar-refractivity contribution in [1.29, 1.82) is 0 Å². The monoisotopic (exact) mass is 441 g/mol. The Labute approximate surface area is 185 Å². The maximum absolute atomic E-state index is 13.3. The molecule has 30 heavy (non-hydrogen) atoms. The maximum Gasteiger partial charge on any atom is 0.276 e. The molecule has 5 nitrogen and oxygen atoms in total. The van der Waals surface area contributed by atoms with Gasteiger partial charge >= 0.3 is 0 Å². The van der Waals surface area contributed by atoms with Gasteiger partial charge in [0.05, 0.1) is 17.0 Å². The number of thiophene rings is 1. The molecule has 3 heterocycles. The molecule has 4 rings (SSSR count). The normalized spacial score (nSPS) is 19.4. The molecule has 0 bridgehead atoms. The molecular weight excluding hydrogens is 414 g/mol. The summed E-state index contributed by atoms with van der Waals surface area (Å²) in [5.74, 6) is 1.45. The minimum absolute atomic E-state index is 0.0705. The predicted molar refractivity (Wildman–Crippen MR) is 125 cm³/mol. The van der Waals surface area contributed by atoms with Gasteiger partial charge in [0.2, 0.25) is 5.91 Å².